The summed E-state index contributed by atoms with van der Waals surface area (Å²) in [4.78, 5) is 13.2. The molecule has 2 heteroatoms. The normalized spacial score (nSPS) is 15.9. The van der Waals surface area contributed by atoms with Crippen LogP contribution in [0.1, 0.15) is 35.2 Å². The van der Waals surface area contributed by atoms with Crippen LogP contribution in [-0.2, 0) is 0 Å². The van der Waals surface area contributed by atoms with Gasteiger partial charge in [-0.05, 0) is 38.3 Å². The lowest BCUT2D eigenvalue weighted by Gasteiger charge is -2.37. The van der Waals surface area contributed by atoms with Crippen molar-refractivity contribution >= 4 is 12.0 Å². The molecular formula is C13H17NO. The molecule has 0 aromatic heterocycles. The predicted octanol–water partition coefficient (Wildman–Crippen LogP) is 2.80. The van der Waals surface area contributed by atoms with E-state index in [1.54, 1.807) is 0 Å². The maximum absolute atomic E-state index is 11.0. The Balaban J connectivity index is 2.29. The van der Waals surface area contributed by atoms with Gasteiger partial charge in [-0.25, -0.2) is 0 Å². The van der Waals surface area contributed by atoms with Crippen molar-refractivity contribution in [3.8, 4) is 0 Å². The van der Waals surface area contributed by atoms with Gasteiger partial charge in [-0.3, -0.25) is 4.79 Å². The molecule has 0 atom stereocenters. The zero-order chi connectivity index (χ0) is 10.8. The van der Waals surface area contributed by atoms with Crippen LogP contribution in [0.3, 0.4) is 0 Å². The molecule has 80 valence electrons. The number of aldehydes is 1. The lowest BCUT2D eigenvalue weighted by atomic mass is 9.91. The van der Waals surface area contributed by atoms with Gasteiger partial charge in [0.2, 0.25) is 0 Å². The van der Waals surface area contributed by atoms with Crippen molar-refractivity contribution in [2.45, 2.75) is 32.2 Å². The van der Waals surface area contributed by atoms with Crippen LogP contribution >= 0.6 is 0 Å². The van der Waals surface area contributed by atoms with E-state index in [0.717, 1.165) is 23.1 Å². The monoisotopic (exact) mass is 203 g/mol. The summed E-state index contributed by atoms with van der Waals surface area (Å²) in [6.07, 6.45) is 4.78. The van der Waals surface area contributed by atoms with E-state index in [-0.39, 0.29) is 0 Å². The van der Waals surface area contributed by atoms with Gasteiger partial charge in [0, 0.05) is 24.3 Å². The Hall–Kier alpha value is -1.31. The van der Waals surface area contributed by atoms with Gasteiger partial charge in [0.05, 0.1) is 0 Å². The summed E-state index contributed by atoms with van der Waals surface area (Å²) in [5.74, 6) is 0. The highest BCUT2D eigenvalue weighted by atomic mass is 16.1. The Bertz CT molecular complexity index is 369. The van der Waals surface area contributed by atoms with Crippen LogP contribution in [0.25, 0.3) is 0 Å². The van der Waals surface area contributed by atoms with Crippen molar-refractivity contribution in [3.05, 3.63) is 29.3 Å². The Kier molecular flexibility index (Phi) is 2.76. The minimum atomic E-state index is 0.631. The summed E-state index contributed by atoms with van der Waals surface area (Å²) >= 11 is 0. The SMILES string of the molecule is Cc1ccc(N(C)C2CCC2)c(C=O)c1. The first kappa shape index (κ1) is 10.2. The molecule has 1 saturated carbocycles. The van der Waals surface area contributed by atoms with Crippen LogP contribution in [0.4, 0.5) is 5.69 Å². The Morgan fingerprint density at radius 1 is 1.40 bits per heavy atom. The maximum atomic E-state index is 11.0. The van der Waals surface area contributed by atoms with Crippen molar-refractivity contribution in [1.82, 2.24) is 0 Å². The summed E-state index contributed by atoms with van der Waals surface area (Å²) in [6, 6.07) is 6.71. The molecule has 1 aliphatic rings. The highest BCUT2D eigenvalue weighted by molar-refractivity contribution is 5.85. The molecule has 0 N–H and O–H groups in total. The lowest BCUT2D eigenvalue weighted by molar-refractivity contribution is 0.112. The molecule has 0 amide bonds. The van der Waals surface area contributed by atoms with Crippen molar-refractivity contribution in [1.29, 1.82) is 0 Å². The quantitative estimate of drug-likeness (QED) is 0.704. The van der Waals surface area contributed by atoms with E-state index in [1.807, 2.05) is 13.0 Å². The Morgan fingerprint density at radius 2 is 2.13 bits per heavy atom. The summed E-state index contributed by atoms with van der Waals surface area (Å²) in [5.41, 5.74) is 3.02. The van der Waals surface area contributed by atoms with Crippen molar-refractivity contribution in [2.75, 3.05) is 11.9 Å². The third-order valence-corrected chi connectivity index (χ3v) is 3.31. The first-order valence-corrected chi connectivity index (χ1v) is 5.51. The van der Waals surface area contributed by atoms with E-state index in [0.29, 0.717) is 6.04 Å². The van der Waals surface area contributed by atoms with Crippen molar-refractivity contribution < 1.29 is 4.79 Å². The van der Waals surface area contributed by atoms with Gasteiger partial charge in [0.1, 0.15) is 0 Å². The third kappa shape index (κ3) is 1.89. The zero-order valence-corrected chi connectivity index (χ0v) is 9.36. The molecule has 1 aliphatic carbocycles. The van der Waals surface area contributed by atoms with Gasteiger partial charge in [0.25, 0.3) is 0 Å². The third-order valence-electron chi connectivity index (χ3n) is 3.31. The molecule has 1 aromatic rings. The fourth-order valence-corrected chi connectivity index (χ4v) is 2.06. The number of benzene rings is 1. The molecule has 15 heavy (non-hydrogen) atoms. The predicted molar refractivity (Wildman–Crippen MR) is 62.6 cm³/mol. The number of aryl methyl sites for hydroxylation is 1. The molecule has 0 heterocycles. The summed E-state index contributed by atoms with van der Waals surface area (Å²) in [5, 5.41) is 0. The number of anilines is 1. The highest BCUT2D eigenvalue weighted by Gasteiger charge is 2.23. The van der Waals surface area contributed by atoms with Crippen LogP contribution in [0.15, 0.2) is 18.2 Å². The van der Waals surface area contributed by atoms with Crippen LogP contribution in [0, 0.1) is 6.92 Å². The molecule has 0 bridgehead atoms. The van der Waals surface area contributed by atoms with Crippen LogP contribution < -0.4 is 4.90 Å². The van der Waals surface area contributed by atoms with E-state index < -0.39 is 0 Å². The van der Waals surface area contributed by atoms with Crippen LogP contribution in [0.2, 0.25) is 0 Å². The number of nitrogens with zero attached hydrogens (tertiary/aromatic N) is 1. The molecule has 0 unspecified atom stereocenters. The van der Waals surface area contributed by atoms with Crippen molar-refractivity contribution in [2.24, 2.45) is 0 Å². The fraction of sp³-hybridized carbons (Fsp3) is 0.462. The fourth-order valence-electron chi connectivity index (χ4n) is 2.06. The number of rotatable bonds is 3. The summed E-state index contributed by atoms with van der Waals surface area (Å²) in [6.45, 7) is 2.01. The molecule has 1 fully saturated rings. The van der Waals surface area contributed by atoms with Gasteiger partial charge >= 0.3 is 0 Å². The van der Waals surface area contributed by atoms with Crippen molar-refractivity contribution in [3.63, 3.8) is 0 Å². The van der Waals surface area contributed by atoms with Crippen LogP contribution in [-0.4, -0.2) is 19.4 Å². The molecule has 2 nitrogen and oxygen atoms in total. The van der Waals surface area contributed by atoms with E-state index >= 15 is 0 Å². The molecule has 0 saturated heterocycles. The second-order valence-corrected chi connectivity index (χ2v) is 4.38. The van der Waals surface area contributed by atoms with E-state index in [9.17, 15) is 4.79 Å². The molecule has 0 spiro atoms. The van der Waals surface area contributed by atoms with Gasteiger partial charge < -0.3 is 4.90 Å². The second-order valence-electron chi connectivity index (χ2n) is 4.38. The molecular weight excluding hydrogens is 186 g/mol. The lowest BCUT2D eigenvalue weighted by Crippen LogP contribution is -2.37. The zero-order valence-electron chi connectivity index (χ0n) is 9.36. The second kappa shape index (κ2) is 4.05. The Labute approximate surface area is 90.9 Å². The number of carbonyl (C=O) groups is 1. The number of hydrogen-bond acceptors (Lipinski definition) is 2. The van der Waals surface area contributed by atoms with Crippen LogP contribution in [0.5, 0.6) is 0 Å². The van der Waals surface area contributed by atoms with Gasteiger partial charge in [-0.2, -0.15) is 0 Å². The standard InChI is InChI=1S/C13H17NO/c1-10-6-7-13(11(8-10)9-15)14(2)12-4-3-5-12/h6-9,12H,3-5H2,1-2H3. The topological polar surface area (TPSA) is 20.3 Å². The van der Waals surface area contributed by atoms with E-state index in [4.69, 9.17) is 0 Å². The number of hydrogen-bond donors (Lipinski definition) is 0. The minimum Gasteiger partial charge on any atom is -0.371 e. The molecule has 0 aliphatic heterocycles. The highest BCUT2D eigenvalue weighted by Crippen LogP contribution is 2.30. The van der Waals surface area contributed by atoms with Gasteiger partial charge in [-0.1, -0.05) is 11.6 Å². The average Bonchev–Trinajstić information content (AvgIpc) is 2.14. The first-order valence-electron chi connectivity index (χ1n) is 5.51. The maximum Gasteiger partial charge on any atom is 0.152 e. The Morgan fingerprint density at radius 3 is 2.67 bits per heavy atom. The smallest absolute Gasteiger partial charge is 0.152 e. The van der Waals surface area contributed by atoms with E-state index in [2.05, 4.69) is 24.1 Å². The van der Waals surface area contributed by atoms with Gasteiger partial charge in [0.15, 0.2) is 6.29 Å². The molecule has 2 rings (SSSR count). The minimum absolute atomic E-state index is 0.631. The summed E-state index contributed by atoms with van der Waals surface area (Å²) in [7, 11) is 2.08. The largest absolute Gasteiger partial charge is 0.371 e. The summed E-state index contributed by atoms with van der Waals surface area (Å²) < 4.78 is 0. The number of carbonyl (C=O) groups excluding carboxylic acids is 1. The average molecular weight is 203 g/mol. The first-order chi connectivity index (χ1) is 7.22. The van der Waals surface area contributed by atoms with Gasteiger partial charge in [-0.15, -0.1) is 0 Å². The van der Waals surface area contributed by atoms with E-state index in [1.165, 1.54) is 19.3 Å². The molecule has 1 aromatic carbocycles. The molecule has 0 radical (unpaired) electrons.